The van der Waals surface area contributed by atoms with Crippen molar-refractivity contribution in [1.29, 1.82) is 0 Å². The molecule has 0 fully saturated rings. The molecule has 0 aliphatic rings. The Morgan fingerprint density at radius 3 is 1.28 bits per heavy atom. The van der Waals surface area contributed by atoms with Crippen LogP contribution in [0.1, 0.15) is 6.92 Å². The highest BCUT2D eigenvalue weighted by Gasteiger charge is 2.86. The number of ether oxygens (including phenoxy) is 1. The number of hydrogen-bond donors (Lipinski definition) is 0. The van der Waals surface area contributed by atoms with Crippen molar-refractivity contribution in [1.82, 2.24) is 0 Å². The van der Waals surface area contributed by atoms with Crippen molar-refractivity contribution in [2.75, 3.05) is 0 Å². The van der Waals surface area contributed by atoms with Crippen LogP contribution in [0.5, 0.6) is 0 Å². The molecule has 2 nitrogen and oxygen atoms in total. The topological polar surface area (TPSA) is 26.3 Å². The third-order valence-corrected chi connectivity index (χ3v) is 2.10. The van der Waals surface area contributed by atoms with Crippen LogP contribution in [0.4, 0.5) is 39.5 Å². The molecule has 0 amide bonds. The lowest BCUT2D eigenvalue weighted by atomic mass is 10.0. The summed E-state index contributed by atoms with van der Waals surface area (Å²) in [6.07, 6.45) is -20.4. The zero-order chi connectivity index (χ0) is 15.0. The van der Waals surface area contributed by atoms with Gasteiger partial charge in [0.15, 0.2) is 8.46 Å². The van der Waals surface area contributed by atoms with Gasteiger partial charge in [-0.2, -0.15) is 39.5 Å². The molecular weight excluding hydrogens is 306 g/mol. The van der Waals surface area contributed by atoms with E-state index >= 15 is 0 Å². The van der Waals surface area contributed by atoms with Gasteiger partial charge in [0.25, 0.3) is 0 Å². The van der Waals surface area contributed by atoms with E-state index < -0.39 is 38.4 Å². The van der Waals surface area contributed by atoms with Crippen LogP contribution in [0.25, 0.3) is 0 Å². The third-order valence-electron chi connectivity index (χ3n) is 1.69. The minimum Gasteiger partial charge on any atom is -0.336 e. The molecule has 1 atom stereocenters. The van der Waals surface area contributed by atoms with Crippen LogP contribution in [0, 0.1) is 0 Å². The molecule has 1 unspecified atom stereocenters. The highest BCUT2D eigenvalue weighted by atomic mass is 31.1. The Morgan fingerprint density at radius 2 is 1.11 bits per heavy atom. The van der Waals surface area contributed by atoms with Crippen LogP contribution in [-0.2, 0) is 9.30 Å². The van der Waals surface area contributed by atoms with Gasteiger partial charge in [0.1, 0.15) is 5.85 Å². The fraction of sp³-hybridized carbons (Fsp3) is 1.00. The monoisotopic (exact) mass is 310 g/mol. The minimum atomic E-state index is -6.80. The van der Waals surface area contributed by atoms with Gasteiger partial charge in [-0.15, -0.1) is 0 Å². The average molecular weight is 310 g/mol. The fourth-order valence-corrected chi connectivity index (χ4v) is 1.16. The van der Waals surface area contributed by atoms with E-state index in [0.29, 0.717) is 6.92 Å². The van der Waals surface area contributed by atoms with E-state index in [0.717, 1.165) is 0 Å². The second-order valence-electron chi connectivity index (χ2n) is 3.00. The lowest BCUT2D eigenvalue weighted by Gasteiger charge is -2.38. The summed E-state index contributed by atoms with van der Waals surface area (Å²) in [7, 11) is -1.45. The van der Waals surface area contributed by atoms with E-state index in [2.05, 4.69) is 4.74 Å². The van der Waals surface area contributed by atoms with Crippen molar-refractivity contribution in [3.05, 3.63) is 0 Å². The zero-order valence-electron chi connectivity index (χ0n) is 8.24. The molecule has 0 aliphatic heterocycles. The van der Waals surface area contributed by atoms with Crippen molar-refractivity contribution in [2.45, 2.75) is 36.9 Å². The van der Waals surface area contributed by atoms with Gasteiger partial charge >= 0.3 is 24.1 Å². The summed E-state index contributed by atoms with van der Waals surface area (Å²) >= 11 is 0. The molecule has 0 radical (unpaired) electrons. The Bertz CT molecular complexity index is 268. The maximum absolute atomic E-state index is 12.2. The Kier molecular flexibility index (Phi) is 4.69. The summed E-state index contributed by atoms with van der Waals surface area (Å²) in [5.41, 5.74) is -6.37. The normalized spacial score (nSPS) is 17.0. The van der Waals surface area contributed by atoms with Crippen molar-refractivity contribution >= 4 is 8.46 Å². The molecule has 18 heavy (non-hydrogen) atoms. The largest absolute Gasteiger partial charge is 0.435 e. The van der Waals surface area contributed by atoms with Crippen LogP contribution in [0.2, 0.25) is 0 Å². The number of hydrogen-bond acceptors (Lipinski definition) is 2. The van der Waals surface area contributed by atoms with Gasteiger partial charge in [0, 0.05) is 0 Å². The lowest BCUT2D eigenvalue weighted by Crippen LogP contribution is -2.68. The Labute approximate surface area is 95.3 Å². The van der Waals surface area contributed by atoms with Gasteiger partial charge in [-0.1, -0.05) is 0 Å². The predicted molar refractivity (Wildman–Crippen MR) is 39.0 cm³/mol. The fourth-order valence-electron chi connectivity index (χ4n) is 0.960. The summed E-state index contributed by atoms with van der Waals surface area (Å²) in [6, 6.07) is 0. The standard InChI is InChI=1S/C6H4F9O2P/c1-2(18-16)17-3(4(7,8)9,5(10,11)12)6(13,14)15/h2H,1H3. The first-order valence-electron chi connectivity index (χ1n) is 3.91. The molecular formula is C6H4F9O2P. The first-order valence-corrected chi connectivity index (χ1v) is 4.79. The molecule has 0 aromatic carbocycles. The molecule has 0 aromatic heterocycles. The van der Waals surface area contributed by atoms with Crippen LogP contribution < -0.4 is 0 Å². The summed E-state index contributed by atoms with van der Waals surface area (Å²) in [5, 5.41) is 0. The smallest absolute Gasteiger partial charge is 0.336 e. The van der Waals surface area contributed by atoms with E-state index in [1.165, 1.54) is 0 Å². The van der Waals surface area contributed by atoms with Crippen molar-refractivity contribution in [3.63, 3.8) is 0 Å². The molecule has 0 bridgehead atoms. The van der Waals surface area contributed by atoms with Gasteiger partial charge in [-0.3, -0.25) is 4.57 Å². The number of alkyl halides is 9. The highest BCUT2D eigenvalue weighted by molar-refractivity contribution is 7.24. The first-order chi connectivity index (χ1) is 7.70. The summed E-state index contributed by atoms with van der Waals surface area (Å²) in [5.74, 6) is -2.45. The van der Waals surface area contributed by atoms with Gasteiger partial charge in [-0.05, 0) is 6.92 Å². The zero-order valence-corrected chi connectivity index (χ0v) is 9.14. The van der Waals surface area contributed by atoms with Crippen LogP contribution in [0.3, 0.4) is 0 Å². The van der Waals surface area contributed by atoms with Gasteiger partial charge in [0.05, 0.1) is 0 Å². The van der Waals surface area contributed by atoms with Gasteiger partial charge in [0.2, 0.25) is 0 Å². The summed E-state index contributed by atoms with van der Waals surface area (Å²) in [6.45, 7) is 0.368. The molecule has 12 heteroatoms. The van der Waals surface area contributed by atoms with Crippen LogP contribution >= 0.6 is 8.46 Å². The SMILES string of the molecule is CC(OC(C(F)(F)F)(C(F)(F)F)C(F)(F)F)P=O. The van der Waals surface area contributed by atoms with Crippen LogP contribution in [-0.4, -0.2) is 30.0 Å². The maximum Gasteiger partial charge on any atom is 0.435 e. The van der Waals surface area contributed by atoms with E-state index in [1.54, 1.807) is 0 Å². The van der Waals surface area contributed by atoms with Crippen LogP contribution in [0.15, 0.2) is 0 Å². The van der Waals surface area contributed by atoms with Gasteiger partial charge in [-0.25, -0.2) is 0 Å². The molecule has 108 valence electrons. The lowest BCUT2D eigenvalue weighted by molar-refractivity contribution is -0.459. The molecule has 0 aliphatic carbocycles. The maximum atomic E-state index is 12.2. The highest BCUT2D eigenvalue weighted by Crippen LogP contribution is 2.55. The Hall–Kier alpha value is -0.570. The molecule has 0 saturated carbocycles. The predicted octanol–water partition coefficient (Wildman–Crippen LogP) is 4.07. The number of rotatable bonds is 3. The first kappa shape index (κ1) is 17.4. The third kappa shape index (κ3) is 2.87. The van der Waals surface area contributed by atoms with Gasteiger partial charge < -0.3 is 4.74 Å². The van der Waals surface area contributed by atoms with Crippen molar-refractivity contribution in [2.24, 2.45) is 0 Å². The van der Waals surface area contributed by atoms with E-state index in [9.17, 15) is 44.1 Å². The quantitative estimate of drug-likeness (QED) is 0.580. The van der Waals surface area contributed by atoms with E-state index in [1.807, 2.05) is 0 Å². The summed E-state index contributed by atoms with van der Waals surface area (Å²) < 4.78 is 123. The molecule has 0 rings (SSSR count). The second kappa shape index (κ2) is 4.84. The molecule has 0 spiro atoms. The second-order valence-corrected chi connectivity index (χ2v) is 3.94. The molecule has 0 aromatic rings. The van der Waals surface area contributed by atoms with E-state index in [4.69, 9.17) is 0 Å². The van der Waals surface area contributed by atoms with Crippen molar-refractivity contribution < 1.29 is 48.8 Å². The summed E-state index contributed by atoms with van der Waals surface area (Å²) in [4.78, 5) is 0. The molecule has 0 N–H and O–H groups in total. The van der Waals surface area contributed by atoms with Crippen molar-refractivity contribution in [3.8, 4) is 0 Å². The number of halogens is 9. The van der Waals surface area contributed by atoms with E-state index in [-0.39, 0.29) is 0 Å². The molecule has 0 saturated heterocycles. The average Bonchev–Trinajstić information content (AvgIpc) is 2.07. The Morgan fingerprint density at radius 1 is 0.833 bits per heavy atom. The Balaban J connectivity index is 5.99. The minimum absolute atomic E-state index is 0.368. The molecule has 0 heterocycles.